The summed E-state index contributed by atoms with van der Waals surface area (Å²) in [5, 5.41) is 23.6. The topological polar surface area (TPSA) is 77.8 Å². The lowest BCUT2D eigenvalue weighted by Crippen LogP contribution is -2.32. The van der Waals surface area contributed by atoms with Crippen LogP contribution in [-0.2, 0) is 4.79 Å². The second kappa shape index (κ2) is 3.66. The quantitative estimate of drug-likeness (QED) is 0.457. The number of rotatable bonds is 3. The van der Waals surface area contributed by atoms with Gasteiger partial charge in [0.15, 0.2) is 6.10 Å². The van der Waals surface area contributed by atoms with Crippen LogP contribution in [0.3, 0.4) is 0 Å². The van der Waals surface area contributed by atoms with Crippen LogP contribution in [0, 0.1) is 0 Å². The molecule has 9 heavy (non-hydrogen) atoms. The summed E-state index contributed by atoms with van der Waals surface area (Å²) in [4.78, 5) is 9.85. The Bertz CT molecular complexity index is 105. The van der Waals surface area contributed by atoms with Crippen LogP contribution in [0.25, 0.3) is 0 Å². The van der Waals surface area contributed by atoms with E-state index < -0.39 is 24.1 Å². The van der Waals surface area contributed by atoms with Gasteiger partial charge < -0.3 is 15.3 Å². The Morgan fingerprint density at radius 2 is 2.11 bits per heavy atom. The van der Waals surface area contributed by atoms with Crippen molar-refractivity contribution in [3.63, 3.8) is 0 Å². The number of aliphatic hydroxyl groups is 2. The summed E-state index contributed by atoms with van der Waals surface area (Å²) >= 11 is 5.13. The number of alkyl halides is 1. The van der Waals surface area contributed by atoms with Gasteiger partial charge in [0.1, 0.15) is 0 Å². The highest BCUT2D eigenvalue weighted by atomic mass is 35.5. The molecule has 0 radical (unpaired) electrons. The average Bonchev–Trinajstić information content (AvgIpc) is 1.84. The van der Waals surface area contributed by atoms with Crippen LogP contribution in [0.2, 0.25) is 0 Å². The molecule has 4 nitrogen and oxygen atoms in total. The van der Waals surface area contributed by atoms with Crippen LogP contribution in [0.4, 0.5) is 0 Å². The van der Waals surface area contributed by atoms with Crippen LogP contribution < -0.4 is 0 Å². The Morgan fingerprint density at radius 1 is 1.67 bits per heavy atom. The lowest BCUT2D eigenvalue weighted by Gasteiger charge is -2.07. The lowest BCUT2D eigenvalue weighted by atomic mass is 10.3. The fraction of sp³-hybridized carbons (Fsp3) is 0.750. The highest BCUT2D eigenvalue weighted by Gasteiger charge is 2.22. The fourth-order valence-corrected chi connectivity index (χ4v) is 0.362. The number of hydrogen-bond donors (Lipinski definition) is 3. The van der Waals surface area contributed by atoms with Crippen molar-refractivity contribution in [2.75, 3.05) is 6.61 Å². The van der Waals surface area contributed by atoms with Crippen molar-refractivity contribution in [3.8, 4) is 0 Å². The van der Waals surface area contributed by atoms with Crippen molar-refractivity contribution in [2.24, 2.45) is 0 Å². The second-order valence-corrected chi connectivity index (χ2v) is 2.04. The third-order valence-corrected chi connectivity index (χ3v) is 1.15. The SMILES string of the molecule is O=C(O)[C@H](O)[C@H](Cl)CO. The molecule has 0 aromatic heterocycles. The third-order valence-electron chi connectivity index (χ3n) is 0.770. The number of carboxylic acids is 1. The monoisotopic (exact) mass is 154 g/mol. The molecule has 3 N–H and O–H groups in total. The van der Waals surface area contributed by atoms with Crippen LogP contribution in [0.1, 0.15) is 0 Å². The van der Waals surface area contributed by atoms with Gasteiger partial charge >= 0.3 is 5.97 Å². The molecule has 0 saturated heterocycles. The van der Waals surface area contributed by atoms with E-state index in [1.54, 1.807) is 0 Å². The molecule has 0 rings (SSSR count). The minimum absolute atomic E-state index is 0.547. The van der Waals surface area contributed by atoms with Gasteiger partial charge in [-0.15, -0.1) is 11.6 Å². The Hall–Kier alpha value is -0.320. The van der Waals surface area contributed by atoms with Crippen molar-refractivity contribution in [1.82, 2.24) is 0 Å². The van der Waals surface area contributed by atoms with E-state index in [1.165, 1.54) is 0 Å². The molecule has 0 aliphatic heterocycles. The highest BCUT2D eigenvalue weighted by Crippen LogP contribution is 2.00. The van der Waals surface area contributed by atoms with E-state index in [1.807, 2.05) is 0 Å². The Labute approximate surface area is 56.7 Å². The molecule has 0 bridgehead atoms. The number of hydrogen-bond acceptors (Lipinski definition) is 3. The zero-order valence-corrected chi connectivity index (χ0v) is 5.25. The number of aliphatic carboxylic acids is 1. The highest BCUT2D eigenvalue weighted by molar-refractivity contribution is 6.22. The van der Waals surface area contributed by atoms with Gasteiger partial charge in [-0.2, -0.15) is 0 Å². The van der Waals surface area contributed by atoms with Gasteiger partial charge in [-0.25, -0.2) is 4.79 Å². The number of halogens is 1. The number of carbonyl (C=O) groups is 1. The molecule has 0 aliphatic rings. The first-order valence-corrected chi connectivity index (χ1v) is 2.69. The minimum Gasteiger partial charge on any atom is -0.479 e. The Kier molecular flexibility index (Phi) is 3.53. The number of carboxylic acid groups (broad SMARTS) is 1. The lowest BCUT2D eigenvalue weighted by molar-refractivity contribution is -0.147. The standard InChI is InChI=1S/C4H7ClO4/c5-2(1-6)3(7)4(8)9/h2-3,6-7H,1H2,(H,8,9)/t2-,3-/m1/s1. The molecule has 5 heteroatoms. The summed E-state index contributed by atoms with van der Waals surface area (Å²) in [6.45, 7) is -0.547. The molecule has 0 unspecified atom stereocenters. The maximum Gasteiger partial charge on any atom is 0.334 e. The first-order chi connectivity index (χ1) is 4.09. The largest absolute Gasteiger partial charge is 0.479 e. The molecule has 0 saturated carbocycles. The first-order valence-electron chi connectivity index (χ1n) is 2.25. The van der Waals surface area contributed by atoms with E-state index >= 15 is 0 Å². The molecule has 2 atom stereocenters. The summed E-state index contributed by atoms with van der Waals surface area (Å²) in [6, 6.07) is 0. The summed E-state index contributed by atoms with van der Waals surface area (Å²) in [6.07, 6.45) is -1.68. The van der Waals surface area contributed by atoms with Gasteiger partial charge in [-0.3, -0.25) is 0 Å². The molecule has 0 aromatic carbocycles. The van der Waals surface area contributed by atoms with Crippen molar-refractivity contribution >= 4 is 17.6 Å². The predicted octanol–water partition coefficient (Wildman–Crippen LogP) is -0.968. The van der Waals surface area contributed by atoms with Crippen LogP contribution in [0.5, 0.6) is 0 Å². The van der Waals surface area contributed by atoms with Crippen molar-refractivity contribution < 1.29 is 20.1 Å². The molecule has 0 aromatic rings. The molecular formula is C4H7ClO4. The van der Waals surface area contributed by atoms with Gasteiger partial charge in [0.05, 0.1) is 12.0 Å². The van der Waals surface area contributed by atoms with Gasteiger partial charge in [0, 0.05) is 0 Å². The van der Waals surface area contributed by atoms with E-state index in [0.29, 0.717) is 0 Å². The van der Waals surface area contributed by atoms with E-state index in [0.717, 1.165) is 0 Å². The van der Waals surface area contributed by atoms with Crippen molar-refractivity contribution in [3.05, 3.63) is 0 Å². The fourth-order valence-electron chi connectivity index (χ4n) is 0.255. The maximum absolute atomic E-state index is 9.85. The van der Waals surface area contributed by atoms with Crippen LogP contribution in [-0.4, -0.2) is 39.4 Å². The average molecular weight is 155 g/mol. The van der Waals surface area contributed by atoms with Gasteiger partial charge in [-0.05, 0) is 0 Å². The van der Waals surface area contributed by atoms with Crippen LogP contribution >= 0.6 is 11.6 Å². The van der Waals surface area contributed by atoms with E-state index in [9.17, 15) is 4.79 Å². The maximum atomic E-state index is 9.85. The predicted molar refractivity (Wildman–Crippen MR) is 30.4 cm³/mol. The molecule has 54 valence electrons. The zero-order valence-electron chi connectivity index (χ0n) is 4.49. The van der Waals surface area contributed by atoms with Crippen LogP contribution in [0.15, 0.2) is 0 Å². The molecule has 0 amide bonds. The Balaban J connectivity index is 3.72. The molecule has 0 heterocycles. The second-order valence-electron chi connectivity index (χ2n) is 1.48. The van der Waals surface area contributed by atoms with Crippen molar-refractivity contribution in [2.45, 2.75) is 11.5 Å². The number of aliphatic hydroxyl groups excluding tert-OH is 2. The van der Waals surface area contributed by atoms with E-state index in [-0.39, 0.29) is 0 Å². The van der Waals surface area contributed by atoms with Gasteiger partial charge in [0.25, 0.3) is 0 Å². The van der Waals surface area contributed by atoms with Crippen molar-refractivity contribution in [1.29, 1.82) is 0 Å². The van der Waals surface area contributed by atoms with Gasteiger partial charge in [-0.1, -0.05) is 0 Å². The molecular weight excluding hydrogens is 147 g/mol. The first kappa shape index (κ1) is 8.68. The zero-order chi connectivity index (χ0) is 7.44. The smallest absolute Gasteiger partial charge is 0.334 e. The normalized spacial score (nSPS) is 16.8. The summed E-state index contributed by atoms with van der Waals surface area (Å²) in [5.41, 5.74) is 0. The van der Waals surface area contributed by atoms with E-state index in [4.69, 9.17) is 26.9 Å². The van der Waals surface area contributed by atoms with E-state index in [2.05, 4.69) is 0 Å². The minimum atomic E-state index is -1.68. The summed E-state index contributed by atoms with van der Waals surface area (Å²) in [7, 11) is 0. The van der Waals surface area contributed by atoms with Gasteiger partial charge in [0.2, 0.25) is 0 Å². The molecule has 0 aliphatic carbocycles. The summed E-state index contributed by atoms with van der Waals surface area (Å²) in [5.74, 6) is -1.43. The summed E-state index contributed by atoms with van der Waals surface area (Å²) < 4.78 is 0. The third kappa shape index (κ3) is 2.64. The molecule has 0 fully saturated rings. The Morgan fingerprint density at radius 3 is 2.22 bits per heavy atom. The molecule has 0 spiro atoms.